The maximum absolute atomic E-state index is 13.4. The smallest absolute Gasteiger partial charge is 0.421 e. The second kappa shape index (κ2) is 8.48. The molecule has 0 radical (unpaired) electrons. The van der Waals surface area contributed by atoms with E-state index in [1.54, 1.807) is 55.5 Å². The molecule has 0 unspecified atom stereocenters. The Hall–Kier alpha value is -3.80. The van der Waals surface area contributed by atoms with E-state index in [0.29, 0.717) is 35.5 Å². The van der Waals surface area contributed by atoms with Crippen LogP contribution in [0.3, 0.4) is 0 Å². The molecule has 2 aromatic carbocycles. The molecule has 29 heavy (non-hydrogen) atoms. The van der Waals surface area contributed by atoms with Gasteiger partial charge in [-0.15, -0.1) is 0 Å². The number of benzene rings is 2. The molecule has 3 rings (SSSR count). The molecule has 6 nitrogen and oxygen atoms in total. The first-order chi connectivity index (χ1) is 13.9. The van der Waals surface area contributed by atoms with Crippen molar-refractivity contribution in [3.63, 3.8) is 0 Å². The summed E-state index contributed by atoms with van der Waals surface area (Å²) in [5.41, 5.74) is 0.334. The number of halogens is 3. The summed E-state index contributed by atoms with van der Waals surface area (Å²) in [4.78, 5) is 7.77. The number of nitrogens with zero attached hydrogens (tertiary/aromatic N) is 3. The van der Waals surface area contributed by atoms with Crippen LogP contribution >= 0.6 is 0 Å². The third kappa shape index (κ3) is 4.93. The minimum absolute atomic E-state index is 0.0286. The quantitative estimate of drug-likeness (QED) is 0.589. The summed E-state index contributed by atoms with van der Waals surface area (Å²) in [7, 11) is 0. The first-order valence-electron chi connectivity index (χ1n) is 8.61. The molecule has 1 aromatic heterocycles. The molecule has 0 saturated heterocycles. The molecular weight excluding hydrogens is 383 g/mol. The van der Waals surface area contributed by atoms with Crippen LogP contribution in [0, 0.1) is 11.3 Å². The van der Waals surface area contributed by atoms with Crippen molar-refractivity contribution in [2.24, 2.45) is 0 Å². The maximum atomic E-state index is 13.4. The molecule has 0 saturated carbocycles. The number of nitrogens with one attached hydrogen (secondary N) is 2. The van der Waals surface area contributed by atoms with Crippen molar-refractivity contribution < 1.29 is 17.9 Å². The number of ether oxygens (including phenoxy) is 1. The Labute approximate surface area is 165 Å². The van der Waals surface area contributed by atoms with Gasteiger partial charge in [0.2, 0.25) is 5.95 Å². The molecule has 148 valence electrons. The lowest BCUT2D eigenvalue weighted by molar-refractivity contribution is -0.137. The fourth-order valence-electron chi connectivity index (χ4n) is 2.48. The molecule has 9 heteroatoms. The van der Waals surface area contributed by atoms with Gasteiger partial charge in [-0.3, -0.25) is 0 Å². The first kappa shape index (κ1) is 19.9. The Morgan fingerprint density at radius 1 is 1.07 bits per heavy atom. The van der Waals surface area contributed by atoms with Crippen LogP contribution in [-0.4, -0.2) is 16.6 Å². The van der Waals surface area contributed by atoms with Gasteiger partial charge in [0, 0.05) is 11.9 Å². The van der Waals surface area contributed by atoms with Gasteiger partial charge in [-0.05, 0) is 43.3 Å². The van der Waals surface area contributed by atoms with Crippen LogP contribution < -0.4 is 15.4 Å². The van der Waals surface area contributed by atoms with E-state index >= 15 is 0 Å². The molecule has 0 bridgehead atoms. The van der Waals surface area contributed by atoms with Crippen molar-refractivity contribution in [1.29, 1.82) is 5.26 Å². The fraction of sp³-hybridized carbons (Fsp3) is 0.150. The summed E-state index contributed by atoms with van der Waals surface area (Å²) in [6.45, 7) is 2.14. The SMILES string of the molecule is CCOc1ccccc1Nc1nc(Nc2ccc(C#N)cc2)ncc1C(F)(F)F. The Bertz CT molecular complexity index is 1030. The zero-order chi connectivity index (χ0) is 20.9. The molecule has 1 heterocycles. The highest BCUT2D eigenvalue weighted by Gasteiger charge is 2.35. The van der Waals surface area contributed by atoms with E-state index in [0.717, 1.165) is 0 Å². The summed E-state index contributed by atoms with van der Waals surface area (Å²) >= 11 is 0. The second-order valence-electron chi connectivity index (χ2n) is 5.82. The standard InChI is InChI=1S/C20H16F3N5O/c1-2-29-17-6-4-3-5-16(17)27-18-15(20(21,22)23)12-25-19(28-18)26-14-9-7-13(11-24)8-10-14/h3-10,12H,2H2,1H3,(H2,25,26,27,28). The Balaban J connectivity index is 1.95. The van der Waals surface area contributed by atoms with Crippen LogP contribution in [0.5, 0.6) is 5.75 Å². The Morgan fingerprint density at radius 2 is 1.79 bits per heavy atom. The molecule has 0 aliphatic heterocycles. The van der Waals surface area contributed by atoms with E-state index in [1.165, 1.54) is 0 Å². The maximum Gasteiger partial charge on any atom is 0.421 e. The fourth-order valence-corrected chi connectivity index (χ4v) is 2.48. The number of anilines is 4. The number of aromatic nitrogens is 2. The highest BCUT2D eigenvalue weighted by atomic mass is 19.4. The molecule has 0 aliphatic rings. The normalized spacial score (nSPS) is 10.9. The van der Waals surface area contributed by atoms with Gasteiger partial charge in [0.1, 0.15) is 17.1 Å². The molecule has 0 atom stereocenters. The van der Waals surface area contributed by atoms with Crippen LogP contribution in [0.4, 0.5) is 36.3 Å². The van der Waals surface area contributed by atoms with Crippen LogP contribution in [0.25, 0.3) is 0 Å². The number of alkyl halides is 3. The number of rotatable bonds is 6. The lowest BCUT2D eigenvalue weighted by atomic mass is 10.2. The molecule has 0 aliphatic carbocycles. The second-order valence-corrected chi connectivity index (χ2v) is 5.82. The lowest BCUT2D eigenvalue weighted by Gasteiger charge is -2.16. The van der Waals surface area contributed by atoms with Crippen molar-refractivity contribution in [2.75, 3.05) is 17.2 Å². The summed E-state index contributed by atoms with van der Waals surface area (Å²) in [5.74, 6) is -0.0294. The summed E-state index contributed by atoms with van der Waals surface area (Å²) in [6, 6.07) is 15.0. The largest absolute Gasteiger partial charge is 0.492 e. The van der Waals surface area contributed by atoms with Crippen LogP contribution in [-0.2, 0) is 6.18 Å². The third-order valence-corrected chi connectivity index (χ3v) is 3.80. The lowest BCUT2D eigenvalue weighted by Crippen LogP contribution is -2.13. The monoisotopic (exact) mass is 399 g/mol. The average molecular weight is 399 g/mol. The molecule has 3 aromatic rings. The van der Waals surface area contributed by atoms with Gasteiger partial charge in [0.05, 0.1) is 23.9 Å². The first-order valence-corrected chi connectivity index (χ1v) is 8.61. The predicted octanol–water partition coefficient (Wildman–Crippen LogP) is 5.25. The number of hydrogen-bond acceptors (Lipinski definition) is 6. The van der Waals surface area contributed by atoms with Gasteiger partial charge < -0.3 is 15.4 Å². The van der Waals surface area contributed by atoms with Crippen LogP contribution in [0.1, 0.15) is 18.1 Å². The number of para-hydroxylation sites is 2. The molecular formula is C20H16F3N5O. The van der Waals surface area contributed by atoms with Crippen molar-refractivity contribution >= 4 is 23.1 Å². The predicted molar refractivity (Wildman–Crippen MR) is 102 cm³/mol. The minimum Gasteiger partial charge on any atom is -0.492 e. The van der Waals surface area contributed by atoms with Gasteiger partial charge in [-0.2, -0.15) is 23.4 Å². The average Bonchev–Trinajstić information content (AvgIpc) is 2.69. The number of nitriles is 1. The van der Waals surface area contributed by atoms with Gasteiger partial charge >= 0.3 is 6.18 Å². The topological polar surface area (TPSA) is 82.9 Å². The van der Waals surface area contributed by atoms with Crippen molar-refractivity contribution in [3.8, 4) is 11.8 Å². The van der Waals surface area contributed by atoms with E-state index in [2.05, 4.69) is 20.6 Å². The zero-order valence-electron chi connectivity index (χ0n) is 15.3. The molecule has 0 fully saturated rings. The van der Waals surface area contributed by atoms with E-state index < -0.39 is 17.6 Å². The summed E-state index contributed by atoms with van der Waals surface area (Å²) < 4.78 is 45.8. The van der Waals surface area contributed by atoms with Gasteiger partial charge in [0.25, 0.3) is 0 Å². The summed E-state index contributed by atoms with van der Waals surface area (Å²) in [5, 5.41) is 14.4. The Morgan fingerprint density at radius 3 is 2.45 bits per heavy atom. The van der Waals surface area contributed by atoms with Gasteiger partial charge in [-0.25, -0.2) is 4.98 Å². The van der Waals surface area contributed by atoms with E-state index in [9.17, 15) is 13.2 Å². The zero-order valence-corrected chi connectivity index (χ0v) is 15.3. The van der Waals surface area contributed by atoms with Crippen LogP contribution in [0.2, 0.25) is 0 Å². The van der Waals surface area contributed by atoms with Crippen molar-refractivity contribution in [2.45, 2.75) is 13.1 Å². The van der Waals surface area contributed by atoms with E-state index in [4.69, 9.17) is 10.00 Å². The third-order valence-electron chi connectivity index (χ3n) is 3.80. The summed E-state index contributed by atoms with van der Waals surface area (Å²) in [6.07, 6.45) is -3.93. The minimum atomic E-state index is -4.64. The van der Waals surface area contributed by atoms with E-state index in [1.807, 2.05) is 6.07 Å². The molecule has 0 spiro atoms. The highest BCUT2D eigenvalue weighted by molar-refractivity contribution is 5.67. The molecule has 2 N–H and O–H groups in total. The Kier molecular flexibility index (Phi) is 5.83. The molecule has 0 amide bonds. The van der Waals surface area contributed by atoms with Crippen LogP contribution in [0.15, 0.2) is 54.7 Å². The highest BCUT2D eigenvalue weighted by Crippen LogP contribution is 2.37. The van der Waals surface area contributed by atoms with Crippen molar-refractivity contribution in [1.82, 2.24) is 9.97 Å². The van der Waals surface area contributed by atoms with E-state index in [-0.39, 0.29) is 5.95 Å². The van der Waals surface area contributed by atoms with Gasteiger partial charge in [0.15, 0.2) is 0 Å². The van der Waals surface area contributed by atoms with Gasteiger partial charge in [-0.1, -0.05) is 12.1 Å². The number of hydrogen-bond donors (Lipinski definition) is 2. The van der Waals surface area contributed by atoms with Crippen molar-refractivity contribution in [3.05, 3.63) is 65.9 Å².